The van der Waals surface area contributed by atoms with Crippen LogP contribution in [0.4, 0.5) is 0 Å². The Morgan fingerprint density at radius 2 is 2.09 bits per heavy atom. The smallest absolute Gasteiger partial charge is 0.254 e. The van der Waals surface area contributed by atoms with E-state index in [1.165, 1.54) is 18.4 Å². The molecule has 33 heavy (non-hydrogen) atoms. The molecule has 0 radical (unpaired) electrons. The summed E-state index contributed by atoms with van der Waals surface area (Å²) in [5, 5.41) is 16.3. The number of nitriles is 1. The number of amides is 1. The van der Waals surface area contributed by atoms with E-state index in [9.17, 15) is 4.79 Å². The van der Waals surface area contributed by atoms with E-state index in [1.54, 1.807) is 41.7 Å². The van der Waals surface area contributed by atoms with Gasteiger partial charge in [0.15, 0.2) is 0 Å². The third-order valence-corrected chi connectivity index (χ3v) is 5.96. The largest absolute Gasteiger partial charge is 0.346 e. The molecule has 0 bridgehead atoms. The average molecular weight is 436 g/mol. The zero-order valence-corrected chi connectivity index (χ0v) is 17.7. The van der Waals surface area contributed by atoms with Crippen LogP contribution in [0.3, 0.4) is 0 Å². The Morgan fingerprint density at radius 1 is 1.18 bits per heavy atom. The minimum absolute atomic E-state index is 0.233. The highest BCUT2D eigenvalue weighted by atomic mass is 16.1. The highest BCUT2D eigenvalue weighted by Gasteiger charge is 2.23. The van der Waals surface area contributed by atoms with Crippen molar-refractivity contribution in [2.24, 2.45) is 0 Å². The molecule has 0 spiro atoms. The third kappa shape index (κ3) is 3.72. The standard InChI is InChI=1S/C24H20N8O/c25-8-16-5-6-30-15-27-21(22(30)7-16)10-26-24(33)19-9-28-32(12-19)14-20-13-31-11-18(17-1-2-17)3-4-23(31)29-20/h3-7,9,11-13,15,17H,1-2,10,14H2,(H,26,33). The molecule has 6 rings (SSSR count). The van der Waals surface area contributed by atoms with Crippen molar-refractivity contribution in [3.63, 3.8) is 0 Å². The number of nitrogens with one attached hydrogen (secondary N) is 1. The third-order valence-electron chi connectivity index (χ3n) is 5.96. The number of imidazole rings is 2. The molecule has 1 N–H and O–H groups in total. The number of fused-ring (bicyclic) bond motifs is 2. The summed E-state index contributed by atoms with van der Waals surface area (Å²) in [6.45, 7) is 0.738. The molecule has 5 heterocycles. The van der Waals surface area contributed by atoms with Crippen LogP contribution in [-0.2, 0) is 13.1 Å². The number of hydrogen-bond acceptors (Lipinski definition) is 5. The molecule has 0 aliphatic heterocycles. The van der Waals surface area contributed by atoms with Crippen molar-refractivity contribution < 1.29 is 4.79 Å². The zero-order valence-electron chi connectivity index (χ0n) is 17.7. The molecule has 9 heteroatoms. The summed E-state index contributed by atoms with van der Waals surface area (Å²) < 4.78 is 5.60. The highest BCUT2D eigenvalue weighted by Crippen LogP contribution is 2.39. The molecule has 1 aliphatic carbocycles. The molecule has 9 nitrogen and oxygen atoms in total. The van der Waals surface area contributed by atoms with Crippen LogP contribution in [0.25, 0.3) is 11.2 Å². The SMILES string of the molecule is N#Cc1ccn2cnc(CNC(=O)c3cnn(Cc4cn5cc(C6CC6)ccc5n4)c3)c2c1. The first-order valence-electron chi connectivity index (χ1n) is 10.8. The summed E-state index contributed by atoms with van der Waals surface area (Å²) in [5.74, 6) is 0.462. The van der Waals surface area contributed by atoms with Gasteiger partial charge in [0.2, 0.25) is 0 Å². The van der Waals surface area contributed by atoms with Crippen LogP contribution >= 0.6 is 0 Å². The van der Waals surface area contributed by atoms with Crippen LogP contribution in [0, 0.1) is 11.3 Å². The fraction of sp³-hybridized carbons (Fsp3) is 0.208. The minimum atomic E-state index is -0.233. The van der Waals surface area contributed by atoms with Crippen LogP contribution in [0.2, 0.25) is 0 Å². The average Bonchev–Trinajstić information content (AvgIpc) is 3.25. The van der Waals surface area contributed by atoms with Crippen molar-refractivity contribution >= 4 is 17.1 Å². The predicted molar refractivity (Wildman–Crippen MR) is 120 cm³/mol. The Morgan fingerprint density at radius 3 is 2.94 bits per heavy atom. The molecule has 0 atom stereocenters. The summed E-state index contributed by atoms with van der Waals surface area (Å²) in [6.07, 6.45) is 13.4. The fourth-order valence-electron chi connectivity index (χ4n) is 4.04. The first kappa shape index (κ1) is 19.3. The second kappa shape index (κ2) is 7.60. The second-order valence-corrected chi connectivity index (χ2v) is 8.35. The Bertz CT molecular complexity index is 1550. The molecule has 162 valence electrons. The van der Waals surface area contributed by atoms with Crippen molar-refractivity contribution in [3.8, 4) is 6.07 Å². The summed E-state index contributed by atoms with van der Waals surface area (Å²) >= 11 is 0. The van der Waals surface area contributed by atoms with Gasteiger partial charge in [-0.1, -0.05) is 6.07 Å². The van der Waals surface area contributed by atoms with Crippen molar-refractivity contribution in [2.45, 2.75) is 31.8 Å². The van der Waals surface area contributed by atoms with E-state index >= 15 is 0 Å². The Labute approximate surface area is 188 Å². The van der Waals surface area contributed by atoms with Crippen LogP contribution < -0.4 is 5.32 Å². The number of hydrogen-bond donors (Lipinski definition) is 1. The van der Waals surface area contributed by atoms with Crippen molar-refractivity contribution in [1.29, 1.82) is 5.26 Å². The topological polar surface area (TPSA) is 105 Å². The monoisotopic (exact) mass is 436 g/mol. The molecule has 0 aromatic carbocycles. The minimum Gasteiger partial charge on any atom is -0.346 e. The van der Waals surface area contributed by atoms with Crippen LogP contribution in [0.15, 0.2) is 61.6 Å². The van der Waals surface area contributed by atoms with Gasteiger partial charge in [-0.3, -0.25) is 9.48 Å². The molecule has 5 aromatic rings. The Kier molecular flexibility index (Phi) is 4.43. The molecule has 1 fully saturated rings. The first-order chi connectivity index (χ1) is 16.2. The normalized spacial score (nSPS) is 13.4. The van der Waals surface area contributed by atoms with Crippen molar-refractivity contribution in [1.82, 2.24) is 33.9 Å². The number of aromatic nitrogens is 6. The van der Waals surface area contributed by atoms with E-state index in [-0.39, 0.29) is 12.5 Å². The van der Waals surface area contributed by atoms with E-state index in [4.69, 9.17) is 5.26 Å². The predicted octanol–water partition coefficient (Wildman–Crippen LogP) is 2.91. The van der Waals surface area contributed by atoms with E-state index < -0.39 is 0 Å². The van der Waals surface area contributed by atoms with Gasteiger partial charge in [-0.15, -0.1) is 0 Å². The van der Waals surface area contributed by atoms with Gasteiger partial charge in [-0.05, 0) is 42.5 Å². The summed E-state index contributed by atoms with van der Waals surface area (Å²) in [4.78, 5) is 21.7. The van der Waals surface area contributed by atoms with Gasteiger partial charge in [-0.25, -0.2) is 9.97 Å². The number of rotatable bonds is 6. The first-order valence-corrected chi connectivity index (χ1v) is 10.8. The molecule has 1 aliphatic rings. The maximum Gasteiger partial charge on any atom is 0.254 e. The lowest BCUT2D eigenvalue weighted by Crippen LogP contribution is -2.22. The van der Waals surface area contributed by atoms with Gasteiger partial charge >= 0.3 is 0 Å². The van der Waals surface area contributed by atoms with E-state index in [1.807, 2.05) is 10.6 Å². The van der Waals surface area contributed by atoms with Gasteiger partial charge in [0.1, 0.15) is 5.65 Å². The molecule has 1 saturated carbocycles. The summed E-state index contributed by atoms with van der Waals surface area (Å²) in [5.41, 5.74) is 5.66. The van der Waals surface area contributed by atoms with Crippen LogP contribution in [0.5, 0.6) is 0 Å². The van der Waals surface area contributed by atoms with Gasteiger partial charge in [0, 0.05) is 24.8 Å². The molecule has 1 amide bonds. The maximum absolute atomic E-state index is 12.6. The zero-order chi connectivity index (χ0) is 22.4. The van der Waals surface area contributed by atoms with Crippen LogP contribution in [0.1, 0.15) is 51.6 Å². The van der Waals surface area contributed by atoms with Gasteiger partial charge < -0.3 is 14.1 Å². The summed E-state index contributed by atoms with van der Waals surface area (Å²) in [6, 6.07) is 9.81. The Balaban J connectivity index is 1.13. The number of carbonyl (C=O) groups excluding carboxylic acids is 1. The molecular weight excluding hydrogens is 416 g/mol. The van der Waals surface area contributed by atoms with E-state index in [2.05, 4.69) is 49.2 Å². The maximum atomic E-state index is 12.6. The number of nitrogens with zero attached hydrogens (tertiary/aromatic N) is 7. The Hall–Kier alpha value is -4.45. The van der Waals surface area contributed by atoms with Crippen LogP contribution in [-0.4, -0.2) is 34.5 Å². The molecular formula is C24H20N8O. The van der Waals surface area contributed by atoms with Crippen molar-refractivity contribution in [2.75, 3.05) is 0 Å². The number of carbonyl (C=O) groups is 1. The van der Waals surface area contributed by atoms with E-state index in [0.717, 1.165) is 16.9 Å². The molecule has 0 unspecified atom stereocenters. The highest BCUT2D eigenvalue weighted by molar-refractivity contribution is 5.93. The fourth-order valence-corrected chi connectivity index (χ4v) is 4.04. The summed E-state index contributed by atoms with van der Waals surface area (Å²) in [7, 11) is 0. The van der Waals surface area contributed by atoms with Crippen molar-refractivity contribution in [3.05, 3.63) is 89.7 Å². The van der Waals surface area contributed by atoms with Gasteiger partial charge in [0.25, 0.3) is 5.91 Å². The second-order valence-electron chi connectivity index (χ2n) is 8.35. The number of pyridine rings is 2. The van der Waals surface area contributed by atoms with E-state index in [0.29, 0.717) is 29.3 Å². The molecule has 0 saturated heterocycles. The molecule has 5 aromatic heterocycles. The van der Waals surface area contributed by atoms with Gasteiger partial charge in [-0.2, -0.15) is 10.4 Å². The van der Waals surface area contributed by atoms with Gasteiger partial charge in [0.05, 0.1) is 59.7 Å². The lowest BCUT2D eigenvalue weighted by molar-refractivity contribution is 0.0950. The quantitative estimate of drug-likeness (QED) is 0.441. The lowest BCUT2D eigenvalue weighted by Gasteiger charge is -2.02. The lowest BCUT2D eigenvalue weighted by atomic mass is 10.2.